The first kappa shape index (κ1) is 6.22. The average molecular weight is 129 g/mol. The molecule has 50 valence electrons. The molecule has 0 aromatic heterocycles. The molecule has 0 saturated carbocycles. The topological polar surface area (TPSA) is 46.6 Å². The summed E-state index contributed by atoms with van der Waals surface area (Å²) >= 11 is 0. The molecule has 0 N–H and O–H groups in total. The minimum Gasteiger partial charge on any atom is -0.364 e. The standard InChI is InChI=1S/C5H7NO3/c1-9-3-6-4(7)2-5(6)8/h2-3H2,1H3. The Morgan fingerprint density at radius 2 is 2.11 bits per heavy atom. The zero-order chi connectivity index (χ0) is 6.85. The number of carbonyl (C=O) groups excluding carboxylic acids is 2. The SMILES string of the molecule is COCN1C(=O)CC1=O. The monoisotopic (exact) mass is 129 g/mol. The van der Waals surface area contributed by atoms with E-state index in [-0.39, 0.29) is 25.0 Å². The fraction of sp³-hybridized carbons (Fsp3) is 0.600. The Morgan fingerprint density at radius 3 is 2.33 bits per heavy atom. The number of imide groups is 1. The van der Waals surface area contributed by atoms with Crippen LogP contribution in [0.1, 0.15) is 6.42 Å². The Balaban J connectivity index is 2.39. The van der Waals surface area contributed by atoms with E-state index >= 15 is 0 Å². The van der Waals surface area contributed by atoms with Crippen LogP contribution in [0.4, 0.5) is 0 Å². The molecule has 0 unspecified atom stereocenters. The quantitative estimate of drug-likeness (QED) is 0.367. The van der Waals surface area contributed by atoms with Crippen LogP contribution < -0.4 is 0 Å². The minimum absolute atomic E-state index is 0.0450. The lowest BCUT2D eigenvalue weighted by Crippen LogP contribution is -2.49. The fourth-order valence-corrected chi connectivity index (χ4v) is 0.641. The second-order valence-corrected chi connectivity index (χ2v) is 1.81. The molecular weight excluding hydrogens is 122 g/mol. The number of β-lactam (4-membered cyclic amide) rings is 2. The number of hydrogen-bond donors (Lipinski definition) is 0. The number of methoxy groups -OCH3 is 1. The van der Waals surface area contributed by atoms with Crippen molar-refractivity contribution in [2.45, 2.75) is 6.42 Å². The molecule has 0 aromatic rings. The number of ether oxygens (including phenoxy) is 1. The lowest BCUT2D eigenvalue weighted by molar-refractivity contribution is -0.163. The lowest BCUT2D eigenvalue weighted by Gasteiger charge is -2.26. The summed E-state index contributed by atoms with van der Waals surface area (Å²) in [6.07, 6.45) is 0.0450. The molecule has 1 aliphatic heterocycles. The summed E-state index contributed by atoms with van der Waals surface area (Å²) in [6, 6.07) is 0. The zero-order valence-corrected chi connectivity index (χ0v) is 5.09. The Labute approximate surface area is 52.4 Å². The van der Waals surface area contributed by atoms with Gasteiger partial charge in [0.05, 0.1) is 0 Å². The van der Waals surface area contributed by atoms with E-state index in [1.54, 1.807) is 0 Å². The second-order valence-electron chi connectivity index (χ2n) is 1.81. The third-order valence-electron chi connectivity index (χ3n) is 1.16. The number of rotatable bonds is 2. The molecule has 0 bridgehead atoms. The van der Waals surface area contributed by atoms with E-state index < -0.39 is 0 Å². The van der Waals surface area contributed by atoms with Gasteiger partial charge in [0.25, 0.3) is 0 Å². The van der Waals surface area contributed by atoms with Gasteiger partial charge in [0, 0.05) is 7.11 Å². The van der Waals surface area contributed by atoms with Crippen molar-refractivity contribution in [2.75, 3.05) is 13.8 Å². The number of carbonyl (C=O) groups is 2. The Kier molecular flexibility index (Phi) is 1.48. The van der Waals surface area contributed by atoms with Gasteiger partial charge in [-0.15, -0.1) is 0 Å². The smallest absolute Gasteiger partial charge is 0.240 e. The van der Waals surface area contributed by atoms with Crippen LogP contribution in [0.3, 0.4) is 0 Å². The zero-order valence-electron chi connectivity index (χ0n) is 5.09. The summed E-state index contributed by atoms with van der Waals surface area (Å²) in [5, 5.41) is 0. The van der Waals surface area contributed by atoms with E-state index in [9.17, 15) is 9.59 Å². The van der Waals surface area contributed by atoms with Gasteiger partial charge in [-0.1, -0.05) is 0 Å². The molecule has 1 saturated heterocycles. The van der Waals surface area contributed by atoms with E-state index in [0.717, 1.165) is 4.90 Å². The lowest BCUT2D eigenvalue weighted by atomic mass is 10.2. The van der Waals surface area contributed by atoms with Crippen molar-refractivity contribution >= 4 is 11.8 Å². The number of nitrogens with zero attached hydrogens (tertiary/aromatic N) is 1. The number of hydrogen-bond acceptors (Lipinski definition) is 3. The Morgan fingerprint density at radius 1 is 1.56 bits per heavy atom. The van der Waals surface area contributed by atoms with E-state index in [4.69, 9.17) is 0 Å². The highest BCUT2D eigenvalue weighted by Crippen LogP contribution is 2.09. The van der Waals surface area contributed by atoms with Crippen molar-refractivity contribution < 1.29 is 14.3 Å². The molecule has 9 heavy (non-hydrogen) atoms. The van der Waals surface area contributed by atoms with Gasteiger partial charge < -0.3 is 4.74 Å². The fourth-order valence-electron chi connectivity index (χ4n) is 0.641. The van der Waals surface area contributed by atoms with Crippen molar-refractivity contribution in [3.05, 3.63) is 0 Å². The van der Waals surface area contributed by atoms with E-state index in [1.807, 2.05) is 0 Å². The maximum atomic E-state index is 10.5. The van der Waals surface area contributed by atoms with Gasteiger partial charge in [-0.3, -0.25) is 14.5 Å². The summed E-state index contributed by atoms with van der Waals surface area (Å²) in [5.74, 6) is -0.302. The molecule has 0 spiro atoms. The van der Waals surface area contributed by atoms with Gasteiger partial charge in [0.1, 0.15) is 13.2 Å². The summed E-state index contributed by atoms with van der Waals surface area (Å²) in [4.78, 5) is 22.0. The van der Waals surface area contributed by atoms with Gasteiger partial charge in [0.15, 0.2) is 0 Å². The van der Waals surface area contributed by atoms with Crippen molar-refractivity contribution in [3.63, 3.8) is 0 Å². The maximum Gasteiger partial charge on any atom is 0.240 e. The van der Waals surface area contributed by atoms with E-state index in [1.165, 1.54) is 7.11 Å². The molecule has 0 atom stereocenters. The highest BCUT2D eigenvalue weighted by Gasteiger charge is 2.33. The largest absolute Gasteiger partial charge is 0.364 e. The first-order chi connectivity index (χ1) is 4.25. The molecule has 4 nitrogen and oxygen atoms in total. The number of likely N-dealkylation sites (tertiary alicyclic amines) is 1. The van der Waals surface area contributed by atoms with Gasteiger partial charge in [0.2, 0.25) is 11.8 Å². The van der Waals surface area contributed by atoms with Crippen molar-refractivity contribution in [1.29, 1.82) is 0 Å². The Bertz CT molecular complexity index is 140. The van der Waals surface area contributed by atoms with Crippen LogP contribution in [0.5, 0.6) is 0 Å². The van der Waals surface area contributed by atoms with Crippen molar-refractivity contribution in [2.24, 2.45) is 0 Å². The summed E-state index contributed by atoms with van der Waals surface area (Å²) in [6.45, 7) is 0.0949. The van der Waals surface area contributed by atoms with Gasteiger partial charge in [-0.25, -0.2) is 0 Å². The predicted molar refractivity (Wildman–Crippen MR) is 28.3 cm³/mol. The van der Waals surface area contributed by atoms with Gasteiger partial charge in [-0.05, 0) is 0 Å². The van der Waals surface area contributed by atoms with Crippen LogP contribution in [-0.4, -0.2) is 30.6 Å². The molecule has 4 heteroatoms. The van der Waals surface area contributed by atoms with Crippen LogP contribution >= 0.6 is 0 Å². The molecule has 1 fully saturated rings. The van der Waals surface area contributed by atoms with Crippen LogP contribution in [0.2, 0.25) is 0 Å². The summed E-state index contributed by atoms with van der Waals surface area (Å²) in [5.41, 5.74) is 0. The highest BCUT2D eigenvalue weighted by atomic mass is 16.5. The maximum absolute atomic E-state index is 10.5. The molecule has 1 heterocycles. The molecule has 1 aliphatic rings. The van der Waals surface area contributed by atoms with Crippen LogP contribution in [0.25, 0.3) is 0 Å². The molecule has 1 rings (SSSR count). The normalized spacial score (nSPS) is 18.1. The van der Waals surface area contributed by atoms with E-state index in [2.05, 4.69) is 4.74 Å². The third-order valence-corrected chi connectivity index (χ3v) is 1.16. The average Bonchev–Trinajstić information content (AvgIpc) is 1.84. The highest BCUT2D eigenvalue weighted by molar-refractivity contribution is 6.14. The Hall–Kier alpha value is -0.900. The van der Waals surface area contributed by atoms with Crippen molar-refractivity contribution in [1.82, 2.24) is 4.90 Å². The first-order valence-electron chi connectivity index (χ1n) is 2.58. The molecular formula is C5H7NO3. The van der Waals surface area contributed by atoms with E-state index in [0.29, 0.717) is 0 Å². The molecule has 0 aliphatic carbocycles. The van der Waals surface area contributed by atoms with Crippen LogP contribution in [0.15, 0.2) is 0 Å². The third kappa shape index (κ3) is 0.929. The molecule has 0 aromatic carbocycles. The molecule has 0 radical (unpaired) electrons. The van der Waals surface area contributed by atoms with Crippen LogP contribution in [-0.2, 0) is 14.3 Å². The molecule has 2 amide bonds. The van der Waals surface area contributed by atoms with Gasteiger partial charge >= 0.3 is 0 Å². The summed E-state index contributed by atoms with van der Waals surface area (Å²) in [7, 11) is 1.44. The minimum atomic E-state index is -0.151. The summed E-state index contributed by atoms with van der Waals surface area (Å²) < 4.78 is 4.57. The predicted octanol–water partition coefficient (Wildman–Crippen LogP) is -0.651. The van der Waals surface area contributed by atoms with Gasteiger partial charge in [-0.2, -0.15) is 0 Å². The number of amides is 2. The van der Waals surface area contributed by atoms with Crippen LogP contribution in [0, 0.1) is 0 Å². The first-order valence-corrected chi connectivity index (χ1v) is 2.58. The second kappa shape index (κ2) is 2.14. The van der Waals surface area contributed by atoms with Crippen molar-refractivity contribution in [3.8, 4) is 0 Å².